The van der Waals surface area contributed by atoms with E-state index in [4.69, 9.17) is 0 Å². The molecule has 11 heavy (non-hydrogen) atoms. The first-order valence-corrected chi connectivity index (χ1v) is 3.83. The Bertz CT molecular complexity index is 322. The van der Waals surface area contributed by atoms with Crippen molar-refractivity contribution in [1.82, 2.24) is 15.0 Å². The lowest BCUT2D eigenvalue weighted by Gasteiger charge is -1.94. The van der Waals surface area contributed by atoms with Gasteiger partial charge in [0.05, 0.1) is 0 Å². The third-order valence-corrected chi connectivity index (χ3v) is 1.73. The van der Waals surface area contributed by atoms with Gasteiger partial charge in [-0.3, -0.25) is 0 Å². The molecule has 1 aromatic rings. The monoisotopic (exact) mass is 176 g/mol. The van der Waals surface area contributed by atoms with Gasteiger partial charge in [0.15, 0.2) is 0 Å². The summed E-state index contributed by atoms with van der Waals surface area (Å²) in [6, 6.07) is 0. The molecule has 0 spiro atoms. The molecule has 0 saturated heterocycles. The van der Waals surface area contributed by atoms with E-state index in [0.717, 1.165) is 12.7 Å². The molecule has 7 nitrogen and oxygen atoms in total. The molecule has 0 bridgehead atoms. The molecule has 0 saturated carbocycles. The Balaban J connectivity index is 3.14. The fraction of sp³-hybridized carbons (Fsp3) is 0. The van der Waals surface area contributed by atoms with E-state index in [0.29, 0.717) is 0 Å². The van der Waals surface area contributed by atoms with E-state index in [9.17, 15) is 8.42 Å². The van der Waals surface area contributed by atoms with Crippen LogP contribution >= 0.6 is 0 Å². The first-order chi connectivity index (χ1) is 5.17. The number of nitrogens with two attached hydrogens (primary N) is 1. The average Bonchev–Trinajstić information content (AvgIpc) is 2.06. The zero-order chi connectivity index (χ0) is 8.32. The number of aromatic nitrogens is 3. The second-order valence-corrected chi connectivity index (χ2v) is 2.94. The maximum Gasteiger partial charge on any atom is 0.348 e. The normalized spacial score (nSPS) is 11.4. The van der Waals surface area contributed by atoms with Gasteiger partial charge in [0.25, 0.3) is 5.16 Å². The Morgan fingerprint density at radius 2 is 1.91 bits per heavy atom. The third kappa shape index (κ3) is 1.67. The van der Waals surface area contributed by atoms with Crippen molar-refractivity contribution in [2.45, 2.75) is 5.16 Å². The number of hydrogen-bond donors (Lipinski definition) is 1. The maximum atomic E-state index is 10.7. The summed E-state index contributed by atoms with van der Waals surface area (Å²) in [6.45, 7) is 0. The highest BCUT2D eigenvalue weighted by Gasteiger charge is 2.16. The molecule has 60 valence electrons. The molecule has 2 N–H and O–H groups in total. The van der Waals surface area contributed by atoms with Crippen LogP contribution in [-0.4, -0.2) is 23.4 Å². The van der Waals surface area contributed by atoms with Gasteiger partial charge in [-0.15, -0.1) is 0 Å². The molecule has 0 fully saturated rings. The molecule has 0 aliphatic heterocycles. The summed E-state index contributed by atoms with van der Waals surface area (Å²) < 4.78 is 25.0. The van der Waals surface area contributed by atoms with E-state index in [1.807, 2.05) is 0 Å². The Labute approximate surface area is 62.3 Å². The van der Waals surface area contributed by atoms with E-state index < -0.39 is 15.3 Å². The van der Waals surface area contributed by atoms with Crippen molar-refractivity contribution in [1.29, 1.82) is 0 Å². The average molecular weight is 176 g/mol. The highest BCUT2D eigenvalue weighted by atomic mass is 32.2. The first-order valence-electron chi connectivity index (χ1n) is 2.42. The highest BCUT2D eigenvalue weighted by Crippen LogP contribution is 1.98. The van der Waals surface area contributed by atoms with Crippen molar-refractivity contribution in [3.05, 3.63) is 12.7 Å². The van der Waals surface area contributed by atoms with Crippen LogP contribution in [0.15, 0.2) is 17.8 Å². The summed E-state index contributed by atoms with van der Waals surface area (Å²) in [5.74, 6) is 4.45. The molecule has 0 radical (unpaired) electrons. The Kier molecular flexibility index (Phi) is 2.08. The molecule has 8 heteroatoms. The van der Waals surface area contributed by atoms with E-state index >= 15 is 0 Å². The van der Waals surface area contributed by atoms with E-state index in [-0.39, 0.29) is 0 Å². The minimum absolute atomic E-state index is 0.505. The van der Waals surface area contributed by atoms with Gasteiger partial charge in [0.2, 0.25) is 0 Å². The van der Waals surface area contributed by atoms with Crippen LogP contribution < -0.4 is 5.90 Å². The molecule has 1 aromatic heterocycles. The van der Waals surface area contributed by atoms with Gasteiger partial charge in [-0.2, -0.15) is 18.6 Å². The van der Waals surface area contributed by atoms with Crippen LogP contribution in [0, 0.1) is 0 Å². The zero-order valence-electron chi connectivity index (χ0n) is 5.21. The molecule has 0 atom stereocenters. The Hall–Kier alpha value is -1.12. The molecule has 1 rings (SSSR count). The van der Waals surface area contributed by atoms with Crippen LogP contribution in [0.25, 0.3) is 0 Å². The van der Waals surface area contributed by atoms with Crippen LogP contribution in [0.1, 0.15) is 0 Å². The summed E-state index contributed by atoms with van der Waals surface area (Å²) in [5.41, 5.74) is 0. The summed E-state index contributed by atoms with van der Waals surface area (Å²) in [5, 5.41) is -0.505. The minimum atomic E-state index is -3.98. The van der Waals surface area contributed by atoms with E-state index in [2.05, 4.69) is 25.1 Å². The van der Waals surface area contributed by atoms with E-state index in [1.165, 1.54) is 0 Å². The fourth-order valence-corrected chi connectivity index (χ4v) is 0.839. The second-order valence-electron chi connectivity index (χ2n) is 1.47. The van der Waals surface area contributed by atoms with Crippen molar-refractivity contribution in [2.75, 3.05) is 0 Å². The Morgan fingerprint density at radius 3 is 2.36 bits per heavy atom. The molecule has 0 unspecified atom stereocenters. The number of hydrogen-bond acceptors (Lipinski definition) is 7. The first kappa shape index (κ1) is 7.98. The third-order valence-electron chi connectivity index (χ3n) is 0.820. The summed E-state index contributed by atoms with van der Waals surface area (Å²) >= 11 is 0. The maximum absolute atomic E-state index is 10.7. The van der Waals surface area contributed by atoms with Crippen molar-refractivity contribution in [2.24, 2.45) is 5.90 Å². The van der Waals surface area contributed by atoms with Gasteiger partial charge in [-0.1, -0.05) is 0 Å². The standard InChI is InChI=1S/C3H4N4O3S/c4-10-11(8,9)3-6-1-5-2-7-3/h1-2H,4H2. The highest BCUT2D eigenvalue weighted by molar-refractivity contribution is 7.86. The molecule has 0 aromatic carbocycles. The largest absolute Gasteiger partial charge is 0.348 e. The van der Waals surface area contributed by atoms with Gasteiger partial charge in [-0.05, 0) is 0 Å². The van der Waals surface area contributed by atoms with Crippen molar-refractivity contribution in [3.8, 4) is 0 Å². The summed E-state index contributed by atoms with van der Waals surface area (Å²) in [4.78, 5) is 10.0. The predicted molar refractivity (Wildman–Crippen MR) is 32.3 cm³/mol. The van der Waals surface area contributed by atoms with Crippen molar-refractivity contribution < 1.29 is 12.7 Å². The van der Waals surface area contributed by atoms with Gasteiger partial charge in [0.1, 0.15) is 12.7 Å². The van der Waals surface area contributed by atoms with E-state index in [1.54, 1.807) is 0 Å². The fourth-order valence-electron chi connectivity index (χ4n) is 0.401. The SMILES string of the molecule is NOS(=O)(=O)c1ncncn1. The zero-order valence-corrected chi connectivity index (χ0v) is 6.02. The quantitative estimate of drug-likeness (QED) is 0.543. The second kappa shape index (κ2) is 2.86. The van der Waals surface area contributed by atoms with Gasteiger partial charge in [-0.25, -0.2) is 15.0 Å². The van der Waals surface area contributed by atoms with Crippen LogP contribution in [0.2, 0.25) is 0 Å². The van der Waals surface area contributed by atoms with Crippen LogP contribution in [-0.2, 0) is 14.4 Å². The lowest BCUT2D eigenvalue weighted by molar-refractivity contribution is 0.328. The van der Waals surface area contributed by atoms with Gasteiger partial charge < -0.3 is 0 Å². The summed E-state index contributed by atoms with van der Waals surface area (Å²) in [7, 11) is -3.98. The van der Waals surface area contributed by atoms with Crippen LogP contribution in [0.5, 0.6) is 0 Å². The topological polar surface area (TPSA) is 108 Å². The lowest BCUT2D eigenvalue weighted by Crippen LogP contribution is -2.14. The minimum Gasteiger partial charge on any atom is -0.225 e. The molecule has 0 amide bonds. The Morgan fingerprint density at radius 1 is 1.36 bits per heavy atom. The van der Waals surface area contributed by atoms with Gasteiger partial charge >= 0.3 is 10.1 Å². The molecule has 1 heterocycles. The van der Waals surface area contributed by atoms with Crippen molar-refractivity contribution >= 4 is 10.1 Å². The van der Waals surface area contributed by atoms with Crippen LogP contribution in [0.4, 0.5) is 0 Å². The van der Waals surface area contributed by atoms with Gasteiger partial charge in [0, 0.05) is 0 Å². The molecule has 0 aliphatic carbocycles. The van der Waals surface area contributed by atoms with Crippen molar-refractivity contribution in [3.63, 3.8) is 0 Å². The lowest BCUT2D eigenvalue weighted by atomic mass is 11.1. The molecule has 0 aliphatic rings. The predicted octanol–water partition coefficient (Wildman–Crippen LogP) is -1.55. The number of rotatable bonds is 2. The summed E-state index contributed by atoms with van der Waals surface area (Å²) in [6.07, 6.45) is 2.05. The smallest absolute Gasteiger partial charge is 0.225 e. The molecular weight excluding hydrogens is 172 g/mol. The van der Waals surface area contributed by atoms with Crippen LogP contribution in [0.3, 0.4) is 0 Å². The molecular formula is C3H4N4O3S. The number of nitrogens with zero attached hydrogens (tertiary/aromatic N) is 3.